The fraction of sp³-hybridized carbons (Fsp3) is 0. The molecule has 2 aromatic carbocycles. The van der Waals surface area contributed by atoms with Crippen LogP contribution in [0.3, 0.4) is 0 Å². The molecule has 2 nitrogen and oxygen atoms in total. The van der Waals surface area contributed by atoms with Crippen molar-refractivity contribution in [2.45, 2.75) is 0 Å². The van der Waals surface area contributed by atoms with Gasteiger partial charge in [-0.05, 0) is 56.1 Å². The summed E-state index contributed by atoms with van der Waals surface area (Å²) in [5.41, 5.74) is 6.97. The number of hydrogen-bond donors (Lipinski definition) is 2. The Balaban J connectivity index is 2.40. The van der Waals surface area contributed by atoms with E-state index in [0.29, 0.717) is 21.5 Å². The summed E-state index contributed by atoms with van der Waals surface area (Å²) in [6, 6.07) is 6.87. The van der Waals surface area contributed by atoms with Gasteiger partial charge in [-0.3, -0.25) is 0 Å². The molecule has 2 aromatic rings. The van der Waals surface area contributed by atoms with Gasteiger partial charge in [0, 0.05) is 10.5 Å². The first-order valence-electron chi connectivity index (χ1n) is 4.94. The Kier molecular flexibility index (Phi) is 3.87. The Bertz CT molecular complexity index is 603. The van der Waals surface area contributed by atoms with Crippen LogP contribution in [0.2, 0.25) is 0 Å². The lowest BCUT2D eigenvalue weighted by Gasteiger charge is -2.12. The molecule has 2 rings (SSSR count). The predicted octanol–water partition coefficient (Wildman–Crippen LogP) is 4.82. The Labute approximate surface area is 119 Å². The molecule has 0 amide bonds. The molecule has 0 spiro atoms. The summed E-state index contributed by atoms with van der Waals surface area (Å²) < 4.78 is 27.5. The lowest BCUT2D eigenvalue weighted by atomic mass is 10.2. The number of rotatable bonds is 2. The molecule has 0 aromatic heterocycles. The SMILES string of the molecule is Nc1cc(Br)c(F)cc1Nc1cc(F)ccc1Br. The maximum Gasteiger partial charge on any atom is 0.139 e. The largest absolute Gasteiger partial charge is 0.397 e. The third kappa shape index (κ3) is 2.81. The first-order valence-corrected chi connectivity index (χ1v) is 6.52. The van der Waals surface area contributed by atoms with E-state index in [4.69, 9.17) is 5.73 Å². The van der Waals surface area contributed by atoms with Crippen molar-refractivity contribution < 1.29 is 8.78 Å². The molecule has 0 atom stereocenters. The molecule has 0 fully saturated rings. The van der Waals surface area contributed by atoms with Crippen molar-refractivity contribution in [3.05, 3.63) is 50.9 Å². The summed E-state index contributed by atoms with van der Waals surface area (Å²) in [5, 5.41) is 2.88. The van der Waals surface area contributed by atoms with E-state index < -0.39 is 11.6 Å². The normalized spacial score (nSPS) is 10.4. The van der Waals surface area contributed by atoms with Gasteiger partial charge in [0.15, 0.2) is 0 Å². The summed E-state index contributed by atoms with van der Waals surface area (Å²) in [6.07, 6.45) is 0. The molecule has 18 heavy (non-hydrogen) atoms. The second-order valence-corrected chi connectivity index (χ2v) is 5.31. The average Bonchev–Trinajstić information content (AvgIpc) is 2.30. The molecule has 94 valence electrons. The molecular weight excluding hydrogens is 370 g/mol. The third-order valence-electron chi connectivity index (χ3n) is 2.29. The van der Waals surface area contributed by atoms with Crippen LogP contribution in [-0.4, -0.2) is 0 Å². The predicted molar refractivity (Wildman–Crippen MR) is 75.9 cm³/mol. The van der Waals surface area contributed by atoms with Gasteiger partial charge in [-0.25, -0.2) is 8.78 Å². The smallest absolute Gasteiger partial charge is 0.139 e. The fourth-order valence-electron chi connectivity index (χ4n) is 1.41. The minimum Gasteiger partial charge on any atom is -0.397 e. The number of nitrogens with two attached hydrogens (primary N) is 1. The highest BCUT2D eigenvalue weighted by Gasteiger charge is 2.08. The maximum absolute atomic E-state index is 13.4. The third-order valence-corrected chi connectivity index (χ3v) is 3.59. The Hall–Kier alpha value is -1.14. The monoisotopic (exact) mass is 376 g/mol. The summed E-state index contributed by atoms with van der Waals surface area (Å²) in [7, 11) is 0. The lowest BCUT2D eigenvalue weighted by molar-refractivity contribution is 0.622. The van der Waals surface area contributed by atoms with Gasteiger partial charge < -0.3 is 11.1 Å². The van der Waals surface area contributed by atoms with Crippen molar-refractivity contribution in [2.75, 3.05) is 11.1 Å². The van der Waals surface area contributed by atoms with Gasteiger partial charge in [0.25, 0.3) is 0 Å². The molecule has 6 heteroatoms. The molecule has 0 radical (unpaired) electrons. The number of nitrogens with one attached hydrogen (secondary N) is 1. The molecule has 0 aliphatic carbocycles. The zero-order chi connectivity index (χ0) is 13.3. The Morgan fingerprint density at radius 1 is 0.944 bits per heavy atom. The Morgan fingerprint density at radius 3 is 2.39 bits per heavy atom. The summed E-state index contributed by atoms with van der Waals surface area (Å²) >= 11 is 6.31. The molecule has 0 saturated heterocycles. The first kappa shape index (κ1) is 13.3. The second kappa shape index (κ2) is 5.24. The van der Waals surface area contributed by atoms with Crippen LogP contribution in [0.4, 0.5) is 25.8 Å². The second-order valence-electron chi connectivity index (χ2n) is 3.60. The van der Waals surface area contributed by atoms with E-state index in [1.54, 1.807) is 6.07 Å². The number of halogens is 4. The zero-order valence-corrected chi connectivity index (χ0v) is 12.1. The van der Waals surface area contributed by atoms with E-state index in [0.717, 1.165) is 0 Å². The number of nitrogen functional groups attached to an aromatic ring is 1. The Morgan fingerprint density at radius 2 is 1.67 bits per heavy atom. The van der Waals surface area contributed by atoms with Gasteiger partial charge >= 0.3 is 0 Å². The molecule has 3 N–H and O–H groups in total. The molecule has 0 bridgehead atoms. The van der Waals surface area contributed by atoms with E-state index in [9.17, 15) is 8.78 Å². The van der Waals surface area contributed by atoms with Gasteiger partial charge in [-0.1, -0.05) is 0 Å². The summed E-state index contributed by atoms with van der Waals surface area (Å²) in [5.74, 6) is -0.837. The van der Waals surface area contributed by atoms with E-state index >= 15 is 0 Å². The van der Waals surface area contributed by atoms with Crippen LogP contribution in [0.15, 0.2) is 39.3 Å². The molecular formula is C12H8Br2F2N2. The summed E-state index contributed by atoms with van der Waals surface area (Å²) in [4.78, 5) is 0. The molecule has 0 heterocycles. The highest BCUT2D eigenvalue weighted by Crippen LogP contribution is 2.32. The van der Waals surface area contributed by atoms with Gasteiger partial charge in [0.2, 0.25) is 0 Å². The van der Waals surface area contributed by atoms with Gasteiger partial charge in [-0.15, -0.1) is 0 Å². The number of anilines is 3. The van der Waals surface area contributed by atoms with Crippen LogP contribution in [0, 0.1) is 11.6 Å². The molecule has 0 aliphatic rings. The first-order chi connectivity index (χ1) is 8.47. The van der Waals surface area contributed by atoms with Crippen LogP contribution in [0.1, 0.15) is 0 Å². The van der Waals surface area contributed by atoms with Crippen molar-refractivity contribution >= 4 is 48.9 Å². The number of benzene rings is 2. The average molecular weight is 378 g/mol. The van der Waals surface area contributed by atoms with Crippen molar-refractivity contribution in [2.24, 2.45) is 0 Å². The lowest BCUT2D eigenvalue weighted by Crippen LogP contribution is -1.98. The van der Waals surface area contributed by atoms with E-state index in [1.165, 1.54) is 24.3 Å². The van der Waals surface area contributed by atoms with Gasteiger partial charge in [-0.2, -0.15) is 0 Å². The standard InChI is InChI=1S/C12H8Br2F2N2/c13-7-2-1-6(15)3-11(7)18-12-5-9(16)8(14)4-10(12)17/h1-5,18H,17H2. The minimum atomic E-state index is -0.445. The molecule has 0 unspecified atom stereocenters. The van der Waals surface area contributed by atoms with E-state index in [2.05, 4.69) is 37.2 Å². The van der Waals surface area contributed by atoms with Crippen LogP contribution in [0.5, 0.6) is 0 Å². The maximum atomic E-state index is 13.4. The van der Waals surface area contributed by atoms with Crippen molar-refractivity contribution in [1.29, 1.82) is 0 Å². The van der Waals surface area contributed by atoms with Crippen LogP contribution >= 0.6 is 31.9 Å². The molecule has 0 saturated carbocycles. The fourth-order valence-corrected chi connectivity index (χ4v) is 2.12. The van der Waals surface area contributed by atoms with Crippen molar-refractivity contribution in [3.63, 3.8) is 0 Å². The topological polar surface area (TPSA) is 38.0 Å². The van der Waals surface area contributed by atoms with E-state index in [-0.39, 0.29) is 4.47 Å². The van der Waals surface area contributed by atoms with Crippen molar-refractivity contribution in [3.8, 4) is 0 Å². The van der Waals surface area contributed by atoms with Crippen LogP contribution in [-0.2, 0) is 0 Å². The zero-order valence-electron chi connectivity index (χ0n) is 8.98. The minimum absolute atomic E-state index is 0.281. The van der Waals surface area contributed by atoms with Crippen LogP contribution < -0.4 is 11.1 Å². The van der Waals surface area contributed by atoms with Gasteiger partial charge in [0.1, 0.15) is 11.6 Å². The van der Waals surface area contributed by atoms with E-state index in [1.807, 2.05) is 0 Å². The summed E-state index contributed by atoms with van der Waals surface area (Å²) in [6.45, 7) is 0. The highest BCUT2D eigenvalue weighted by molar-refractivity contribution is 9.10. The number of hydrogen-bond acceptors (Lipinski definition) is 2. The van der Waals surface area contributed by atoms with Crippen LogP contribution in [0.25, 0.3) is 0 Å². The quantitative estimate of drug-likeness (QED) is 0.736. The highest BCUT2D eigenvalue weighted by atomic mass is 79.9. The van der Waals surface area contributed by atoms with Crippen molar-refractivity contribution in [1.82, 2.24) is 0 Å². The molecule has 0 aliphatic heterocycles. The van der Waals surface area contributed by atoms with Gasteiger partial charge in [0.05, 0.1) is 21.5 Å².